The van der Waals surface area contributed by atoms with Crippen LogP contribution in [0.5, 0.6) is 11.6 Å². The summed E-state index contributed by atoms with van der Waals surface area (Å²) in [5.41, 5.74) is 1.00. The molecular formula is C30H39BrFN5O4. The molecule has 0 atom stereocenters. The minimum atomic E-state index is -0.733. The first kappa shape index (κ1) is 33.6. The Balaban J connectivity index is 0.00000141. The van der Waals surface area contributed by atoms with Crippen molar-refractivity contribution in [2.75, 3.05) is 12.0 Å². The average molecular weight is 633 g/mol. The lowest BCUT2D eigenvalue weighted by Crippen LogP contribution is -2.42. The Kier molecular flexibility index (Phi) is 13.6. The van der Waals surface area contributed by atoms with Gasteiger partial charge in [-0.3, -0.25) is 4.79 Å². The van der Waals surface area contributed by atoms with Gasteiger partial charge in [0.2, 0.25) is 11.8 Å². The first-order chi connectivity index (χ1) is 19.8. The second-order valence-electron chi connectivity index (χ2n) is 9.22. The van der Waals surface area contributed by atoms with E-state index in [1.807, 2.05) is 27.7 Å². The first-order valence-corrected chi connectivity index (χ1v) is 14.5. The summed E-state index contributed by atoms with van der Waals surface area (Å²) in [7, 11) is 1.24. The number of benzene rings is 1. The number of methoxy groups -OCH3 is 1. The normalized spacial score (nSPS) is 12.9. The van der Waals surface area contributed by atoms with E-state index < -0.39 is 11.8 Å². The number of hydrogen-bond acceptors (Lipinski definition) is 7. The van der Waals surface area contributed by atoms with Crippen LogP contribution in [0, 0.1) is 11.7 Å². The Hall–Kier alpha value is -3.60. The maximum atomic E-state index is 15.4. The monoisotopic (exact) mass is 631 g/mol. The van der Waals surface area contributed by atoms with E-state index in [1.54, 1.807) is 24.7 Å². The highest BCUT2D eigenvalue weighted by atomic mass is 79.9. The zero-order valence-electron chi connectivity index (χ0n) is 24.4. The molecule has 1 aromatic carbocycles. The predicted octanol–water partition coefficient (Wildman–Crippen LogP) is 7.35. The Labute approximate surface area is 249 Å². The Morgan fingerprint density at radius 3 is 2.32 bits per heavy atom. The van der Waals surface area contributed by atoms with Gasteiger partial charge in [-0.25, -0.2) is 14.2 Å². The maximum absolute atomic E-state index is 15.4. The van der Waals surface area contributed by atoms with Crippen LogP contribution in [-0.2, 0) is 16.1 Å². The molecule has 222 valence electrons. The smallest absolute Gasteiger partial charge is 0.340 e. The summed E-state index contributed by atoms with van der Waals surface area (Å²) in [5.74, 6) is -1.80. The molecule has 0 aliphatic heterocycles. The molecule has 3 aromatic rings. The number of amides is 1. The number of hydrogen-bond donors (Lipinski definition) is 0. The van der Waals surface area contributed by atoms with Gasteiger partial charge in [0.1, 0.15) is 0 Å². The molecule has 1 aliphatic carbocycles. The minimum Gasteiger partial charge on any atom is -0.465 e. The van der Waals surface area contributed by atoms with Crippen molar-refractivity contribution >= 4 is 33.5 Å². The van der Waals surface area contributed by atoms with Crippen molar-refractivity contribution in [2.45, 2.75) is 72.4 Å². The van der Waals surface area contributed by atoms with Crippen molar-refractivity contribution in [1.82, 2.24) is 20.0 Å². The summed E-state index contributed by atoms with van der Waals surface area (Å²) in [5, 5.41) is 8.13. The zero-order chi connectivity index (χ0) is 30.5. The molecule has 2 aromatic heterocycles. The van der Waals surface area contributed by atoms with Gasteiger partial charge in [-0.1, -0.05) is 33.1 Å². The third-order valence-corrected chi connectivity index (χ3v) is 6.85. The largest absolute Gasteiger partial charge is 0.465 e. The Morgan fingerprint density at radius 1 is 1.12 bits per heavy atom. The van der Waals surface area contributed by atoms with Gasteiger partial charge in [0.05, 0.1) is 41.8 Å². The van der Waals surface area contributed by atoms with Crippen LogP contribution in [0.3, 0.4) is 0 Å². The molecule has 11 heteroatoms. The molecule has 2 heterocycles. The second kappa shape index (κ2) is 16.6. The first-order valence-electron chi connectivity index (χ1n) is 13.7. The number of halogens is 2. The SMILES string of the molecule is C=C.CC.COC(=O)c1cc(Oc2ncc(Cn3nccn3)cc2Br)c(F)cc1N(C(=O)C1CCCCC1)C(C)C. The van der Waals surface area contributed by atoms with Gasteiger partial charge in [0, 0.05) is 30.3 Å². The predicted molar refractivity (Wildman–Crippen MR) is 161 cm³/mol. The van der Waals surface area contributed by atoms with Crippen molar-refractivity contribution in [3.8, 4) is 11.6 Å². The van der Waals surface area contributed by atoms with Crippen molar-refractivity contribution in [2.24, 2.45) is 5.92 Å². The Bertz CT molecular complexity index is 1280. The number of carbonyl (C=O) groups excluding carboxylic acids is 2. The molecule has 0 bridgehead atoms. The van der Waals surface area contributed by atoms with Gasteiger partial charge in [-0.15, -0.1) is 13.2 Å². The van der Waals surface area contributed by atoms with Crippen LogP contribution in [0.15, 0.2) is 54.4 Å². The molecular weight excluding hydrogens is 593 g/mol. The van der Waals surface area contributed by atoms with Gasteiger partial charge < -0.3 is 14.4 Å². The van der Waals surface area contributed by atoms with Crippen LogP contribution in [0.2, 0.25) is 0 Å². The van der Waals surface area contributed by atoms with Crippen LogP contribution in [0.25, 0.3) is 0 Å². The molecule has 0 unspecified atom stereocenters. The quantitative estimate of drug-likeness (QED) is 0.189. The van der Waals surface area contributed by atoms with Crippen LogP contribution in [0.4, 0.5) is 10.1 Å². The van der Waals surface area contributed by atoms with Gasteiger partial charge in [0.15, 0.2) is 11.6 Å². The summed E-state index contributed by atoms with van der Waals surface area (Å²) in [4.78, 5) is 33.5. The van der Waals surface area contributed by atoms with E-state index in [-0.39, 0.29) is 40.7 Å². The molecule has 41 heavy (non-hydrogen) atoms. The topological polar surface area (TPSA) is 99.4 Å². The lowest BCUT2D eigenvalue weighted by atomic mass is 9.87. The zero-order valence-corrected chi connectivity index (χ0v) is 26.0. The van der Waals surface area contributed by atoms with Crippen molar-refractivity contribution in [3.05, 3.63) is 71.4 Å². The highest BCUT2D eigenvalue weighted by Crippen LogP contribution is 2.37. The van der Waals surface area contributed by atoms with E-state index in [9.17, 15) is 9.59 Å². The van der Waals surface area contributed by atoms with E-state index in [2.05, 4.69) is 44.3 Å². The maximum Gasteiger partial charge on any atom is 0.340 e. The van der Waals surface area contributed by atoms with Gasteiger partial charge >= 0.3 is 5.97 Å². The Morgan fingerprint density at radius 2 is 1.76 bits per heavy atom. The fourth-order valence-electron chi connectivity index (χ4n) is 4.51. The van der Waals surface area contributed by atoms with Crippen LogP contribution < -0.4 is 9.64 Å². The number of ether oxygens (including phenoxy) is 2. The summed E-state index contributed by atoms with van der Waals surface area (Å²) >= 11 is 3.41. The highest BCUT2D eigenvalue weighted by molar-refractivity contribution is 9.10. The lowest BCUT2D eigenvalue weighted by molar-refractivity contribution is -0.123. The van der Waals surface area contributed by atoms with E-state index in [4.69, 9.17) is 9.47 Å². The van der Waals surface area contributed by atoms with E-state index in [1.165, 1.54) is 22.9 Å². The summed E-state index contributed by atoms with van der Waals surface area (Å²) in [6, 6.07) is 3.89. The number of rotatable bonds is 8. The van der Waals surface area contributed by atoms with E-state index in [0.717, 1.165) is 43.7 Å². The number of anilines is 1. The van der Waals surface area contributed by atoms with Gasteiger partial charge in [-0.2, -0.15) is 15.0 Å². The van der Waals surface area contributed by atoms with Crippen LogP contribution in [0.1, 0.15) is 75.7 Å². The summed E-state index contributed by atoms with van der Waals surface area (Å²) in [6.07, 6.45) is 9.35. The second-order valence-corrected chi connectivity index (χ2v) is 10.1. The molecule has 1 saturated carbocycles. The van der Waals surface area contributed by atoms with Gasteiger partial charge in [-0.05, 0) is 54.2 Å². The summed E-state index contributed by atoms with van der Waals surface area (Å²) < 4.78 is 26.6. The molecule has 9 nitrogen and oxygen atoms in total. The number of pyridine rings is 1. The number of esters is 1. The fraction of sp³-hybridized carbons (Fsp3) is 0.433. The number of carbonyl (C=O) groups is 2. The number of aromatic nitrogens is 4. The third-order valence-electron chi connectivity index (χ3n) is 6.28. The highest BCUT2D eigenvalue weighted by Gasteiger charge is 2.32. The summed E-state index contributed by atoms with van der Waals surface area (Å²) in [6.45, 7) is 14.1. The molecule has 0 saturated heterocycles. The van der Waals surface area contributed by atoms with Crippen molar-refractivity contribution in [1.29, 1.82) is 0 Å². The van der Waals surface area contributed by atoms with Crippen LogP contribution in [-0.4, -0.2) is 45.0 Å². The van der Waals surface area contributed by atoms with Gasteiger partial charge in [0.25, 0.3) is 0 Å². The minimum absolute atomic E-state index is 0.0364. The number of nitrogens with zero attached hydrogens (tertiary/aromatic N) is 5. The van der Waals surface area contributed by atoms with E-state index >= 15 is 4.39 Å². The molecule has 1 fully saturated rings. The fourth-order valence-corrected chi connectivity index (χ4v) is 4.99. The standard InChI is InChI=1S/C26H29BrFN5O4.C2H6.C2H4/c1-16(2)33(25(34)18-7-5-4-6-8-18)22-13-21(28)23(12-19(22)26(35)36-3)37-24-20(27)11-17(14-29-24)15-32-30-9-10-31-32;2*1-2/h9-14,16,18H,4-8,15H2,1-3H3;1-2H3;1-2H2. The molecule has 4 rings (SSSR count). The molecule has 1 aliphatic rings. The molecule has 1 amide bonds. The van der Waals surface area contributed by atoms with Crippen molar-refractivity contribution in [3.63, 3.8) is 0 Å². The third kappa shape index (κ3) is 8.69. The average Bonchev–Trinajstić information content (AvgIpc) is 3.50. The lowest BCUT2D eigenvalue weighted by Gasteiger charge is -2.33. The molecule has 0 radical (unpaired) electrons. The molecule has 0 N–H and O–H groups in total. The molecule has 0 spiro atoms. The van der Waals surface area contributed by atoms with Crippen molar-refractivity contribution < 1.29 is 23.5 Å². The van der Waals surface area contributed by atoms with Crippen LogP contribution >= 0.6 is 15.9 Å². The van der Waals surface area contributed by atoms with E-state index in [0.29, 0.717) is 11.0 Å².